The van der Waals surface area contributed by atoms with Crippen molar-refractivity contribution in [1.82, 2.24) is 4.90 Å². The molecule has 1 N–H and O–H groups in total. The van der Waals surface area contributed by atoms with Crippen molar-refractivity contribution < 1.29 is 9.84 Å². The second-order valence-electron chi connectivity index (χ2n) is 5.08. The Bertz CT molecular complexity index is 405. The first kappa shape index (κ1) is 12.4. The molecular weight excluding hydrogens is 214 g/mol. The highest BCUT2D eigenvalue weighted by molar-refractivity contribution is 5.41. The molecule has 3 heteroatoms. The van der Waals surface area contributed by atoms with Crippen LogP contribution >= 0.6 is 0 Å². The molecule has 1 aliphatic rings. The fraction of sp³-hybridized carbons (Fsp3) is 0.571. The van der Waals surface area contributed by atoms with Crippen LogP contribution in [0.1, 0.15) is 24.0 Å². The van der Waals surface area contributed by atoms with Crippen LogP contribution in [0.15, 0.2) is 18.2 Å². The summed E-state index contributed by atoms with van der Waals surface area (Å²) >= 11 is 0. The van der Waals surface area contributed by atoms with Gasteiger partial charge in [0.1, 0.15) is 11.4 Å². The highest BCUT2D eigenvalue weighted by Gasteiger charge is 2.35. The van der Waals surface area contributed by atoms with Gasteiger partial charge in [-0.15, -0.1) is 0 Å². The second-order valence-corrected chi connectivity index (χ2v) is 5.08. The van der Waals surface area contributed by atoms with Crippen molar-refractivity contribution in [2.45, 2.75) is 25.4 Å². The van der Waals surface area contributed by atoms with Crippen LogP contribution in [0.25, 0.3) is 0 Å². The molecule has 1 saturated heterocycles. The van der Waals surface area contributed by atoms with Crippen LogP contribution in [-0.2, 0) is 5.60 Å². The van der Waals surface area contributed by atoms with Gasteiger partial charge in [-0.05, 0) is 45.5 Å². The Balaban J connectivity index is 2.40. The van der Waals surface area contributed by atoms with E-state index in [0.29, 0.717) is 6.54 Å². The maximum atomic E-state index is 10.8. The molecule has 0 aliphatic carbocycles. The largest absolute Gasteiger partial charge is 0.496 e. The van der Waals surface area contributed by atoms with E-state index in [1.165, 1.54) is 0 Å². The quantitative estimate of drug-likeness (QED) is 0.850. The minimum atomic E-state index is -0.773. The Kier molecular flexibility index (Phi) is 3.40. The standard InChI is InChI=1S/C14H21NO2/c1-11-5-6-13(17-3)12(9-11)14(16)7-4-8-15(2)10-14/h5-6,9,16H,4,7-8,10H2,1-3H3. The number of benzene rings is 1. The summed E-state index contributed by atoms with van der Waals surface area (Å²) in [7, 11) is 3.70. The first-order valence-corrected chi connectivity index (χ1v) is 6.11. The molecule has 1 aromatic carbocycles. The van der Waals surface area contributed by atoms with E-state index in [1.54, 1.807) is 7.11 Å². The van der Waals surface area contributed by atoms with Crippen LogP contribution in [0.3, 0.4) is 0 Å². The lowest BCUT2D eigenvalue weighted by Crippen LogP contribution is -2.44. The molecule has 0 radical (unpaired) electrons. The summed E-state index contributed by atoms with van der Waals surface area (Å²) < 4.78 is 5.38. The van der Waals surface area contributed by atoms with Gasteiger partial charge in [0.15, 0.2) is 0 Å². The molecule has 0 saturated carbocycles. The van der Waals surface area contributed by atoms with E-state index in [2.05, 4.69) is 4.90 Å². The van der Waals surface area contributed by atoms with Gasteiger partial charge in [0.25, 0.3) is 0 Å². The Morgan fingerprint density at radius 1 is 1.41 bits per heavy atom. The predicted octanol–water partition coefficient (Wildman–Crippen LogP) is 1.92. The van der Waals surface area contributed by atoms with Crippen LogP contribution < -0.4 is 4.74 Å². The summed E-state index contributed by atoms with van der Waals surface area (Å²) in [5.74, 6) is 0.786. The monoisotopic (exact) mass is 235 g/mol. The third-order valence-corrected chi connectivity index (χ3v) is 3.52. The van der Waals surface area contributed by atoms with Crippen LogP contribution in [-0.4, -0.2) is 37.3 Å². The molecular formula is C14H21NO2. The summed E-state index contributed by atoms with van der Waals surface area (Å²) in [5, 5.41) is 10.8. The first-order chi connectivity index (χ1) is 8.05. The van der Waals surface area contributed by atoms with Crippen molar-refractivity contribution in [3.8, 4) is 5.75 Å². The zero-order valence-corrected chi connectivity index (χ0v) is 10.9. The van der Waals surface area contributed by atoms with Crippen LogP contribution in [0.2, 0.25) is 0 Å². The Morgan fingerprint density at radius 2 is 2.18 bits per heavy atom. The SMILES string of the molecule is COc1ccc(C)cc1C1(O)CCCN(C)C1. The van der Waals surface area contributed by atoms with E-state index in [9.17, 15) is 5.11 Å². The van der Waals surface area contributed by atoms with E-state index in [4.69, 9.17) is 4.74 Å². The van der Waals surface area contributed by atoms with Crippen LogP contribution in [0.5, 0.6) is 5.75 Å². The van der Waals surface area contributed by atoms with E-state index < -0.39 is 5.60 Å². The highest BCUT2D eigenvalue weighted by Crippen LogP contribution is 2.37. The van der Waals surface area contributed by atoms with Crippen LogP contribution in [0.4, 0.5) is 0 Å². The maximum Gasteiger partial charge on any atom is 0.125 e. The number of likely N-dealkylation sites (tertiary alicyclic amines) is 1. The third-order valence-electron chi connectivity index (χ3n) is 3.52. The lowest BCUT2D eigenvalue weighted by Gasteiger charge is -2.38. The molecule has 1 atom stereocenters. The molecule has 0 bridgehead atoms. The number of aryl methyl sites for hydroxylation is 1. The number of hydrogen-bond donors (Lipinski definition) is 1. The van der Waals surface area contributed by atoms with Crippen molar-refractivity contribution in [3.63, 3.8) is 0 Å². The topological polar surface area (TPSA) is 32.7 Å². The number of likely N-dealkylation sites (N-methyl/N-ethyl adjacent to an activating group) is 1. The number of aliphatic hydroxyl groups is 1. The second kappa shape index (κ2) is 4.67. The number of rotatable bonds is 2. The average molecular weight is 235 g/mol. The van der Waals surface area contributed by atoms with Crippen LogP contribution in [0, 0.1) is 6.92 Å². The van der Waals surface area contributed by atoms with Crippen molar-refractivity contribution in [2.75, 3.05) is 27.2 Å². The summed E-state index contributed by atoms with van der Waals surface area (Å²) in [5.41, 5.74) is 1.30. The number of piperidine rings is 1. The molecule has 1 heterocycles. The lowest BCUT2D eigenvalue weighted by atomic mass is 9.84. The number of nitrogens with zero attached hydrogens (tertiary/aromatic N) is 1. The summed E-state index contributed by atoms with van der Waals surface area (Å²) in [6.45, 7) is 3.77. The number of hydrogen-bond acceptors (Lipinski definition) is 3. The minimum Gasteiger partial charge on any atom is -0.496 e. The average Bonchev–Trinajstić information content (AvgIpc) is 2.28. The first-order valence-electron chi connectivity index (χ1n) is 6.11. The molecule has 1 unspecified atom stereocenters. The summed E-state index contributed by atoms with van der Waals surface area (Å²) in [6, 6.07) is 5.99. The molecule has 94 valence electrons. The Morgan fingerprint density at radius 3 is 2.82 bits per heavy atom. The van der Waals surface area contributed by atoms with Gasteiger partial charge in [-0.3, -0.25) is 0 Å². The van der Waals surface area contributed by atoms with Gasteiger partial charge in [-0.1, -0.05) is 11.6 Å². The molecule has 3 nitrogen and oxygen atoms in total. The summed E-state index contributed by atoms with van der Waals surface area (Å²) in [4.78, 5) is 2.17. The van der Waals surface area contributed by atoms with Gasteiger partial charge in [0.2, 0.25) is 0 Å². The molecule has 1 aromatic rings. The van der Waals surface area contributed by atoms with E-state index in [1.807, 2.05) is 32.2 Å². The normalized spacial score (nSPS) is 25.9. The van der Waals surface area contributed by atoms with Gasteiger partial charge >= 0.3 is 0 Å². The zero-order valence-electron chi connectivity index (χ0n) is 10.9. The maximum absolute atomic E-state index is 10.8. The van der Waals surface area contributed by atoms with E-state index in [0.717, 1.165) is 36.3 Å². The third kappa shape index (κ3) is 2.45. The molecule has 0 amide bonds. The van der Waals surface area contributed by atoms with Gasteiger partial charge in [-0.2, -0.15) is 0 Å². The minimum absolute atomic E-state index is 0.673. The van der Waals surface area contributed by atoms with Gasteiger partial charge < -0.3 is 14.7 Å². The van der Waals surface area contributed by atoms with E-state index in [-0.39, 0.29) is 0 Å². The number of β-amino-alcohol motifs (C(OH)–C–C–N with tert-alkyl or cyclic N) is 1. The Labute approximate surface area is 103 Å². The Hall–Kier alpha value is -1.06. The van der Waals surface area contributed by atoms with Crippen molar-refractivity contribution in [2.24, 2.45) is 0 Å². The van der Waals surface area contributed by atoms with Crippen molar-refractivity contribution in [1.29, 1.82) is 0 Å². The molecule has 17 heavy (non-hydrogen) atoms. The molecule has 2 rings (SSSR count). The zero-order chi connectivity index (χ0) is 12.5. The molecule has 1 fully saturated rings. The highest BCUT2D eigenvalue weighted by atomic mass is 16.5. The predicted molar refractivity (Wildman–Crippen MR) is 68.4 cm³/mol. The van der Waals surface area contributed by atoms with E-state index >= 15 is 0 Å². The molecule has 0 aromatic heterocycles. The van der Waals surface area contributed by atoms with Crippen molar-refractivity contribution in [3.05, 3.63) is 29.3 Å². The summed E-state index contributed by atoms with van der Waals surface area (Å²) in [6.07, 6.45) is 1.82. The lowest BCUT2D eigenvalue weighted by molar-refractivity contribution is -0.0293. The number of ether oxygens (including phenoxy) is 1. The van der Waals surface area contributed by atoms with Gasteiger partial charge in [0.05, 0.1) is 7.11 Å². The molecule has 0 spiro atoms. The smallest absolute Gasteiger partial charge is 0.125 e. The van der Waals surface area contributed by atoms with Gasteiger partial charge in [0, 0.05) is 12.1 Å². The number of methoxy groups -OCH3 is 1. The van der Waals surface area contributed by atoms with Crippen molar-refractivity contribution >= 4 is 0 Å². The fourth-order valence-electron chi connectivity index (χ4n) is 2.65. The van der Waals surface area contributed by atoms with Gasteiger partial charge in [-0.25, -0.2) is 0 Å². The fourth-order valence-corrected chi connectivity index (χ4v) is 2.65. The molecule has 1 aliphatic heterocycles.